The van der Waals surface area contributed by atoms with Gasteiger partial charge in [-0.25, -0.2) is 9.07 Å². The number of carbonyl (C=O) groups is 1. The summed E-state index contributed by atoms with van der Waals surface area (Å²) in [5.74, 6) is -0.200. The van der Waals surface area contributed by atoms with Crippen LogP contribution in [0.3, 0.4) is 0 Å². The molecule has 8 heteroatoms. The highest BCUT2D eigenvalue weighted by Crippen LogP contribution is 2.23. The highest BCUT2D eigenvalue weighted by Gasteiger charge is 2.36. The second-order valence-electron chi connectivity index (χ2n) is 6.86. The van der Waals surface area contributed by atoms with E-state index in [0.29, 0.717) is 30.8 Å². The van der Waals surface area contributed by atoms with Gasteiger partial charge in [-0.2, -0.15) is 5.10 Å². The van der Waals surface area contributed by atoms with E-state index in [0.717, 1.165) is 4.68 Å². The summed E-state index contributed by atoms with van der Waals surface area (Å²) in [7, 11) is 0. The Balaban J connectivity index is 1.62. The van der Waals surface area contributed by atoms with E-state index >= 15 is 0 Å². The smallest absolute Gasteiger partial charge is 0.267 e. The second kappa shape index (κ2) is 7.87. The number of hydrogen-bond donors (Lipinski definition) is 1. The Hall–Kier alpha value is -2.74. The summed E-state index contributed by atoms with van der Waals surface area (Å²) in [4.78, 5) is 25.9. The molecule has 3 rings (SSSR count). The molecule has 1 aromatic heterocycles. The van der Waals surface area contributed by atoms with Gasteiger partial charge < -0.3 is 14.7 Å². The van der Waals surface area contributed by atoms with Crippen molar-refractivity contribution in [1.82, 2.24) is 14.7 Å². The summed E-state index contributed by atoms with van der Waals surface area (Å²) >= 11 is 0. The van der Waals surface area contributed by atoms with Crippen molar-refractivity contribution in [2.45, 2.75) is 31.9 Å². The van der Waals surface area contributed by atoms with Crippen molar-refractivity contribution < 1.29 is 19.0 Å². The lowest BCUT2D eigenvalue weighted by Crippen LogP contribution is -2.54. The van der Waals surface area contributed by atoms with Crippen LogP contribution in [0.15, 0.2) is 41.2 Å². The van der Waals surface area contributed by atoms with E-state index in [9.17, 15) is 19.1 Å². The van der Waals surface area contributed by atoms with Gasteiger partial charge in [-0.1, -0.05) is 0 Å². The Morgan fingerprint density at radius 1 is 1.30 bits per heavy atom. The molecule has 1 amide bonds. The average molecular weight is 375 g/mol. The van der Waals surface area contributed by atoms with Gasteiger partial charge in [0.15, 0.2) is 0 Å². The van der Waals surface area contributed by atoms with Crippen LogP contribution in [0.25, 0.3) is 0 Å². The fourth-order valence-corrected chi connectivity index (χ4v) is 3.08. The number of nitrogens with zero attached hydrogens (tertiary/aromatic N) is 3. The number of aliphatic hydroxyl groups is 1. The van der Waals surface area contributed by atoms with Crippen LogP contribution in [0.1, 0.15) is 18.5 Å². The van der Waals surface area contributed by atoms with Crippen molar-refractivity contribution in [2.24, 2.45) is 0 Å². The van der Waals surface area contributed by atoms with Crippen LogP contribution < -0.4 is 10.3 Å². The highest BCUT2D eigenvalue weighted by atomic mass is 19.1. The molecule has 0 aliphatic carbocycles. The number of halogens is 1. The average Bonchev–Trinajstić information content (AvgIpc) is 2.64. The van der Waals surface area contributed by atoms with Crippen molar-refractivity contribution >= 4 is 5.91 Å². The standard InChI is InChI=1S/C19H22FN3O4/c1-14-3-8-17(24)23(21-14)11-18(25)22-10-2-9-19(26,12-22)13-27-16-6-4-15(20)5-7-16/h3-8,26H,2,9-13H2,1H3. The van der Waals surface area contributed by atoms with E-state index in [4.69, 9.17) is 4.74 Å². The number of aryl methyl sites for hydroxylation is 1. The third-order valence-corrected chi connectivity index (χ3v) is 4.51. The Morgan fingerprint density at radius 3 is 2.78 bits per heavy atom. The first-order chi connectivity index (χ1) is 12.8. The molecule has 1 aliphatic rings. The number of aromatic nitrogens is 2. The van der Waals surface area contributed by atoms with E-state index in [1.165, 1.54) is 35.2 Å². The molecule has 1 aromatic carbocycles. The number of benzene rings is 1. The summed E-state index contributed by atoms with van der Waals surface area (Å²) < 4.78 is 19.6. The zero-order valence-electron chi connectivity index (χ0n) is 15.1. The molecule has 1 N–H and O–H groups in total. The van der Waals surface area contributed by atoms with Crippen LogP contribution in [0.4, 0.5) is 4.39 Å². The molecule has 0 radical (unpaired) electrons. The van der Waals surface area contributed by atoms with Gasteiger partial charge in [0.05, 0.1) is 12.2 Å². The van der Waals surface area contributed by atoms with E-state index in [1.807, 2.05) is 0 Å². The van der Waals surface area contributed by atoms with E-state index in [1.54, 1.807) is 13.0 Å². The first-order valence-electron chi connectivity index (χ1n) is 8.78. The van der Waals surface area contributed by atoms with E-state index in [-0.39, 0.29) is 37.0 Å². The van der Waals surface area contributed by atoms with Gasteiger partial charge in [0.2, 0.25) is 5.91 Å². The van der Waals surface area contributed by atoms with Crippen LogP contribution in [0, 0.1) is 12.7 Å². The van der Waals surface area contributed by atoms with Gasteiger partial charge in [-0.05, 0) is 50.1 Å². The van der Waals surface area contributed by atoms with Gasteiger partial charge in [0.1, 0.15) is 30.3 Å². The Morgan fingerprint density at radius 2 is 2.04 bits per heavy atom. The molecule has 1 atom stereocenters. The minimum atomic E-state index is -1.20. The number of β-amino-alcohol motifs (C(OH)–C–C–N with tert-alkyl or cyclic N) is 1. The molecule has 1 unspecified atom stereocenters. The summed E-state index contributed by atoms with van der Waals surface area (Å²) in [6.07, 6.45) is 1.10. The van der Waals surface area contributed by atoms with Crippen molar-refractivity contribution in [1.29, 1.82) is 0 Å². The molecular formula is C19H22FN3O4. The first-order valence-corrected chi connectivity index (χ1v) is 8.78. The van der Waals surface area contributed by atoms with Gasteiger partial charge in [0.25, 0.3) is 5.56 Å². The fourth-order valence-electron chi connectivity index (χ4n) is 3.08. The Bertz CT molecular complexity index is 868. The third kappa shape index (κ3) is 4.91. The summed E-state index contributed by atoms with van der Waals surface area (Å²) in [6, 6.07) is 8.50. The molecule has 0 spiro atoms. The molecule has 1 aliphatic heterocycles. The van der Waals surface area contributed by atoms with Crippen molar-refractivity contribution in [2.75, 3.05) is 19.7 Å². The van der Waals surface area contributed by atoms with Gasteiger partial charge in [-0.3, -0.25) is 9.59 Å². The van der Waals surface area contributed by atoms with Gasteiger partial charge in [-0.15, -0.1) is 0 Å². The lowest BCUT2D eigenvalue weighted by Gasteiger charge is -2.39. The monoisotopic (exact) mass is 375 g/mol. The largest absolute Gasteiger partial charge is 0.491 e. The SMILES string of the molecule is Cc1ccc(=O)n(CC(=O)N2CCCC(O)(COc3ccc(F)cc3)C2)n1. The number of amides is 1. The molecule has 0 saturated carbocycles. The maximum absolute atomic E-state index is 13.0. The minimum Gasteiger partial charge on any atom is -0.491 e. The number of piperidine rings is 1. The van der Waals surface area contributed by atoms with E-state index < -0.39 is 5.60 Å². The molecule has 7 nitrogen and oxygen atoms in total. The van der Waals surface area contributed by atoms with Crippen LogP contribution in [-0.4, -0.2) is 51.0 Å². The molecule has 27 heavy (non-hydrogen) atoms. The number of rotatable bonds is 5. The second-order valence-corrected chi connectivity index (χ2v) is 6.86. The van der Waals surface area contributed by atoms with Crippen molar-refractivity contribution in [3.63, 3.8) is 0 Å². The summed E-state index contributed by atoms with van der Waals surface area (Å²) in [5, 5.41) is 14.9. The topological polar surface area (TPSA) is 84.7 Å². The Kier molecular flexibility index (Phi) is 5.55. The van der Waals surface area contributed by atoms with Crippen LogP contribution in [0.2, 0.25) is 0 Å². The predicted molar refractivity (Wildman–Crippen MR) is 95.9 cm³/mol. The predicted octanol–water partition coefficient (Wildman–Crippen LogP) is 1.12. The number of likely N-dealkylation sites (tertiary alicyclic amines) is 1. The zero-order chi connectivity index (χ0) is 19.4. The molecule has 2 heterocycles. The number of ether oxygens (including phenoxy) is 1. The quantitative estimate of drug-likeness (QED) is 0.847. The lowest BCUT2D eigenvalue weighted by molar-refractivity contribution is -0.141. The zero-order valence-corrected chi connectivity index (χ0v) is 15.1. The highest BCUT2D eigenvalue weighted by molar-refractivity contribution is 5.76. The first kappa shape index (κ1) is 19.0. The molecule has 1 fully saturated rings. The normalized spacial score (nSPS) is 19.7. The van der Waals surface area contributed by atoms with Crippen LogP contribution in [0.5, 0.6) is 5.75 Å². The molecule has 0 bridgehead atoms. The van der Waals surface area contributed by atoms with Crippen LogP contribution >= 0.6 is 0 Å². The molecular weight excluding hydrogens is 353 g/mol. The number of carbonyl (C=O) groups excluding carboxylic acids is 1. The summed E-state index contributed by atoms with van der Waals surface area (Å²) in [5.41, 5.74) is -0.904. The Labute approximate surface area is 156 Å². The lowest BCUT2D eigenvalue weighted by atomic mass is 9.93. The number of hydrogen-bond acceptors (Lipinski definition) is 5. The maximum Gasteiger partial charge on any atom is 0.267 e. The van der Waals surface area contributed by atoms with Gasteiger partial charge >= 0.3 is 0 Å². The minimum absolute atomic E-state index is 0.00887. The van der Waals surface area contributed by atoms with E-state index in [2.05, 4.69) is 5.10 Å². The van der Waals surface area contributed by atoms with Crippen molar-refractivity contribution in [3.05, 3.63) is 58.3 Å². The summed E-state index contributed by atoms with van der Waals surface area (Å²) in [6.45, 7) is 2.17. The maximum atomic E-state index is 13.0. The molecule has 144 valence electrons. The molecule has 2 aromatic rings. The third-order valence-electron chi connectivity index (χ3n) is 4.51. The molecule has 1 saturated heterocycles. The van der Waals surface area contributed by atoms with Crippen LogP contribution in [-0.2, 0) is 11.3 Å². The fraction of sp³-hybridized carbons (Fsp3) is 0.421. The van der Waals surface area contributed by atoms with Gasteiger partial charge in [0, 0.05) is 12.6 Å². The van der Waals surface area contributed by atoms with Crippen molar-refractivity contribution in [3.8, 4) is 5.75 Å².